The van der Waals surface area contributed by atoms with Crippen molar-refractivity contribution in [1.29, 1.82) is 0 Å². The predicted octanol–water partition coefficient (Wildman–Crippen LogP) is 6.56. The molecule has 0 aliphatic carbocycles. The molecule has 9 heteroatoms. The smallest absolute Gasteiger partial charge is 0.316 e. The first-order valence-electron chi connectivity index (χ1n) is 9.77. The number of hydrogen-bond donors (Lipinski definition) is 0. The zero-order chi connectivity index (χ0) is 22.9. The van der Waals surface area contributed by atoms with Gasteiger partial charge in [-0.25, -0.2) is 13.8 Å². The molecule has 32 heavy (non-hydrogen) atoms. The lowest BCUT2D eigenvalue weighted by atomic mass is 9.97. The number of halogens is 4. The van der Waals surface area contributed by atoms with Crippen LogP contribution in [0.3, 0.4) is 0 Å². The number of aliphatic imine (C=N–C) groups is 1. The van der Waals surface area contributed by atoms with Gasteiger partial charge in [0.05, 0.1) is 34.2 Å². The molecule has 0 N–H and O–H groups in total. The summed E-state index contributed by atoms with van der Waals surface area (Å²) >= 11 is 12.6. The molecule has 0 amide bonds. The van der Waals surface area contributed by atoms with Crippen LogP contribution in [0.4, 0.5) is 14.5 Å². The summed E-state index contributed by atoms with van der Waals surface area (Å²) in [6.07, 6.45) is 5.33. The Morgan fingerprint density at radius 1 is 1.12 bits per heavy atom. The molecule has 0 fully saturated rings. The maximum absolute atomic E-state index is 13.9. The van der Waals surface area contributed by atoms with Gasteiger partial charge >= 0.3 is 6.01 Å². The molecule has 1 aromatic carbocycles. The Bertz CT molecular complexity index is 1220. The minimum atomic E-state index is -3.04. The first-order valence-corrected chi connectivity index (χ1v) is 10.5. The van der Waals surface area contributed by atoms with Crippen LogP contribution < -0.4 is 4.74 Å². The van der Waals surface area contributed by atoms with Crippen LogP contribution in [0, 0.1) is 0 Å². The molecule has 0 radical (unpaired) electrons. The zero-order valence-electron chi connectivity index (χ0n) is 17.2. The molecule has 0 spiro atoms. The number of alkyl halides is 2. The summed E-state index contributed by atoms with van der Waals surface area (Å²) in [7, 11) is 0. The number of rotatable bonds is 6. The van der Waals surface area contributed by atoms with E-state index in [9.17, 15) is 8.78 Å². The van der Waals surface area contributed by atoms with Gasteiger partial charge in [-0.15, -0.1) is 0 Å². The van der Waals surface area contributed by atoms with Gasteiger partial charge in [0, 0.05) is 48.1 Å². The summed E-state index contributed by atoms with van der Waals surface area (Å²) in [5.74, 6) is -3.04. The van der Waals surface area contributed by atoms with Gasteiger partial charge in [0.25, 0.3) is 5.92 Å². The van der Waals surface area contributed by atoms with E-state index in [1.54, 1.807) is 19.3 Å². The predicted molar refractivity (Wildman–Crippen MR) is 122 cm³/mol. The zero-order valence-corrected chi connectivity index (χ0v) is 18.8. The van der Waals surface area contributed by atoms with Crippen LogP contribution >= 0.6 is 23.2 Å². The standard InChI is InChI=1S/C23H18Cl2F2N4O/c1-13(17-11-29-21-16(17)9-14(10-18(21)24)23(2,26)27)20-19(25)12-30-22(31-20)32-8-6-15-5-3-4-7-28-15/h3-5,7,9-12H,6,8H2,1-2H3/b17-13+. The molecule has 4 rings (SSSR count). The van der Waals surface area contributed by atoms with Gasteiger partial charge in [-0.2, -0.15) is 4.98 Å². The Morgan fingerprint density at radius 2 is 1.94 bits per heavy atom. The quantitative estimate of drug-likeness (QED) is 0.405. The van der Waals surface area contributed by atoms with Crippen molar-refractivity contribution in [3.8, 4) is 6.01 Å². The summed E-state index contributed by atoms with van der Waals surface area (Å²) in [5.41, 5.74) is 3.30. The molecule has 3 heterocycles. The van der Waals surface area contributed by atoms with Gasteiger partial charge in [0.1, 0.15) is 0 Å². The molecule has 3 aromatic rings. The second-order valence-electron chi connectivity index (χ2n) is 7.31. The summed E-state index contributed by atoms with van der Waals surface area (Å²) in [6, 6.07) is 8.44. The number of pyridine rings is 1. The first-order chi connectivity index (χ1) is 15.2. The minimum absolute atomic E-state index is 0.155. The fourth-order valence-electron chi connectivity index (χ4n) is 3.29. The third kappa shape index (κ3) is 4.64. The van der Waals surface area contributed by atoms with E-state index in [0.717, 1.165) is 12.6 Å². The van der Waals surface area contributed by atoms with Crippen molar-refractivity contribution in [2.75, 3.05) is 6.61 Å². The fourth-order valence-corrected chi connectivity index (χ4v) is 3.79. The van der Waals surface area contributed by atoms with Crippen LogP contribution in [0.5, 0.6) is 6.01 Å². The van der Waals surface area contributed by atoms with E-state index >= 15 is 0 Å². The summed E-state index contributed by atoms with van der Waals surface area (Å²) < 4.78 is 33.5. The van der Waals surface area contributed by atoms with Crippen molar-refractivity contribution >= 4 is 46.3 Å². The SMILES string of the molecule is C/C(=C1/C=Nc2c(Cl)cc(C(C)(F)F)cc21)c1nc(OCCc2ccccn2)ncc1Cl. The van der Waals surface area contributed by atoms with Crippen LogP contribution in [0.25, 0.3) is 11.1 Å². The highest BCUT2D eigenvalue weighted by atomic mass is 35.5. The molecule has 1 aliphatic heterocycles. The number of fused-ring (bicyclic) bond motifs is 1. The maximum atomic E-state index is 13.9. The Kier molecular flexibility index (Phi) is 6.22. The average molecular weight is 475 g/mol. The molecule has 0 atom stereocenters. The van der Waals surface area contributed by atoms with Gasteiger partial charge in [-0.05, 0) is 36.8 Å². The van der Waals surface area contributed by atoms with Gasteiger partial charge in [0.15, 0.2) is 0 Å². The summed E-state index contributed by atoms with van der Waals surface area (Å²) in [4.78, 5) is 17.1. The van der Waals surface area contributed by atoms with E-state index in [4.69, 9.17) is 27.9 Å². The number of hydrogen-bond acceptors (Lipinski definition) is 5. The largest absolute Gasteiger partial charge is 0.463 e. The molecule has 0 saturated carbocycles. The topological polar surface area (TPSA) is 60.3 Å². The maximum Gasteiger partial charge on any atom is 0.316 e. The normalized spacial score (nSPS) is 14.4. The van der Waals surface area contributed by atoms with Crippen LogP contribution in [0.15, 0.2) is 47.7 Å². The highest BCUT2D eigenvalue weighted by molar-refractivity contribution is 6.37. The van der Waals surface area contributed by atoms with Crippen molar-refractivity contribution in [3.05, 3.63) is 75.3 Å². The lowest BCUT2D eigenvalue weighted by Crippen LogP contribution is -2.07. The minimum Gasteiger partial charge on any atom is -0.463 e. The van der Waals surface area contributed by atoms with Crippen molar-refractivity contribution < 1.29 is 13.5 Å². The Labute approximate surface area is 193 Å². The monoisotopic (exact) mass is 474 g/mol. The van der Waals surface area contributed by atoms with Gasteiger partial charge < -0.3 is 4.74 Å². The van der Waals surface area contributed by atoms with E-state index in [1.807, 2.05) is 18.2 Å². The van der Waals surface area contributed by atoms with E-state index in [-0.39, 0.29) is 16.6 Å². The Balaban J connectivity index is 1.64. The molecule has 2 aromatic heterocycles. The Hall–Kier alpha value is -2.90. The molecular weight excluding hydrogens is 457 g/mol. The third-order valence-electron chi connectivity index (χ3n) is 4.98. The first kappa shape index (κ1) is 22.3. The number of nitrogens with zero attached hydrogens (tertiary/aromatic N) is 4. The second-order valence-corrected chi connectivity index (χ2v) is 8.12. The van der Waals surface area contributed by atoms with E-state index < -0.39 is 5.92 Å². The molecular formula is C23H18Cl2F2N4O. The molecule has 0 unspecified atom stereocenters. The lowest BCUT2D eigenvalue weighted by Gasteiger charge is -2.14. The second kappa shape index (κ2) is 8.92. The number of allylic oxidation sites excluding steroid dienone is 2. The highest BCUT2D eigenvalue weighted by Gasteiger charge is 2.29. The lowest BCUT2D eigenvalue weighted by molar-refractivity contribution is 0.0175. The highest BCUT2D eigenvalue weighted by Crippen LogP contribution is 2.44. The van der Waals surface area contributed by atoms with Gasteiger partial charge in [-0.3, -0.25) is 9.98 Å². The average Bonchev–Trinajstić information content (AvgIpc) is 3.19. The number of benzene rings is 1. The summed E-state index contributed by atoms with van der Waals surface area (Å²) in [5, 5.41) is 0.461. The van der Waals surface area contributed by atoms with Crippen LogP contribution in [0.1, 0.15) is 36.4 Å². The van der Waals surface area contributed by atoms with Crippen LogP contribution in [0.2, 0.25) is 10.0 Å². The number of aromatic nitrogens is 3. The third-order valence-corrected chi connectivity index (χ3v) is 5.54. The molecule has 0 bridgehead atoms. The van der Waals surface area contributed by atoms with E-state index in [0.29, 0.717) is 46.1 Å². The fraction of sp³-hybridized carbons (Fsp3) is 0.217. The van der Waals surface area contributed by atoms with E-state index in [1.165, 1.54) is 18.3 Å². The number of ether oxygens (including phenoxy) is 1. The van der Waals surface area contributed by atoms with Crippen molar-refractivity contribution in [1.82, 2.24) is 15.0 Å². The molecule has 5 nitrogen and oxygen atoms in total. The van der Waals surface area contributed by atoms with Gasteiger partial charge in [0.2, 0.25) is 0 Å². The van der Waals surface area contributed by atoms with Crippen molar-refractivity contribution in [2.45, 2.75) is 26.2 Å². The molecule has 0 saturated heterocycles. The summed E-state index contributed by atoms with van der Waals surface area (Å²) in [6.45, 7) is 2.95. The van der Waals surface area contributed by atoms with E-state index in [2.05, 4.69) is 19.9 Å². The van der Waals surface area contributed by atoms with Crippen LogP contribution in [-0.2, 0) is 12.3 Å². The van der Waals surface area contributed by atoms with Crippen molar-refractivity contribution in [3.63, 3.8) is 0 Å². The molecule has 164 valence electrons. The van der Waals surface area contributed by atoms with Crippen LogP contribution in [-0.4, -0.2) is 27.8 Å². The van der Waals surface area contributed by atoms with Gasteiger partial charge in [-0.1, -0.05) is 29.3 Å². The molecule has 1 aliphatic rings. The Morgan fingerprint density at radius 3 is 2.66 bits per heavy atom. The van der Waals surface area contributed by atoms with Crippen molar-refractivity contribution in [2.24, 2.45) is 4.99 Å².